The second-order valence-electron chi connectivity index (χ2n) is 8.14. The summed E-state index contributed by atoms with van der Waals surface area (Å²) in [5.41, 5.74) is 0.496. The van der Waals surface area contributed by atoms with Crippen LogP contribution in [0.2, 0.25) is 0 Å². The molecular formula is C19H19N9O3. The van der Waals surface area contributed by atoms with Crippen LogP contribution in [0.5, 0.6) is 0 Å². The number of nitrogens with one attached hydrogen (secondary N) is 3. The third kappa shape index (κ3) is 4.22. The molecule has 0 unspecified atom stereocenters. The highest BCUT2D eigenvalue weighted by Gasteiger charge is 2.18. The van der Waals surface area contributed by atoms with E-state index in [9.17, 15) is 14.4 Å². The summed E-state index contributed by atoms with van der Waals surface area (Å²) in [6.07, 6.45) is 2.84. The largest absolute Gasteiger partial charge is 0.326 e. The molecule has 12 nitrogen and oxygen atoms in total. The number of hydrogen-bond donors (Lipinski definition) is 3. The van der Waals surface area contributed by atoms with Crippen molar-refractivity contribution in [2.24, 2.45) is 5.41 Å². The van der Waals surface area contributed by atoms with Crippen LogP contribution < -0.4 is 16.2 Å². The second kappa shape index (κ2) is 7.55. The minimum atomic E-state index is -0.714. The highest BCUT2D eigenvalue weighted by Crippen LogP contribution is 2.23. The highest BCUT2D eigenvalue weighted by atomic mass is 16.2. The van der Waals surface area contributed by atoms with Crippen LogP contribution in [-0.2, 0) is 4.79 Å². The Balaban J connectivity index is 1.71. The number of hydrogen-bond acceptors (Lipinski definition) is 8. The van der Waals surface area contributed by atoms with E-state index >= 15 is 0 Å². The molecule has 3 N–H and O–H groups in total. The van der Waals surface area contributed by atoms with Gasteiger partial charge >= 0.3 is 0 Å². The molecule has 2 amide bonds. The van der Waals surface area contributed by atoms with Crippen molar-refractivity contribution in [2.75, 3.05) is 10.6 Å². The number of fused-ring (bicyclic) bond motifs is 3. The van der Waals surface area contributed by atoms with E-state index in [1.165, 1.54) is 16.9 Å². The number of H-pyrrole nitrogens is 1. The van der Waals surface area contributed by atoms with Crippen LogP contribution in [0.4, 0.5) is 11.6 Å². The predicted octanol–water partition coefficient (Wildman–Crippen LogP) is 1.38. The number of benzene rings is 1. The zero-order valence-corrected chi connectivity index (χ0v) is 17.0. The smallest absolute Gasteiger partial charge is 0.271 e. The Morgan fingerprint density at radius 1 is 1.16 bits per heavy atom. The quantitative estimate of drug-likeness (QED) is 0.417. The minimum absolute atomic E-state index is 0.00164. The minimum Gasteiger partial charge on any atom is -0.326 e. The van der Waals surface area contributed by atoms with Gasteiger partial charge in [0.05, 0.1) is 5.52 Å². The van der Waals surface area contributed by atoms with Gasteiger partial charge in [0.1, 0.15) is 17.5 Å². The molecule has 0 spiro atoms. The third-order valence-corrected chi connectivity index (χ3v) is 4.34. The fraction of sp³-hybridized carbons (Fsp3) is 0.263. The van der Waals surface area contributed by atoms with Crippen molar-refractivity contribution < 1.29 is 9.59 Å². The van der Waals surface area contributed by atoms with Gasteiger partial charge in [-0.2, -0.15) is 0 Å². The summed E-state index contributed by atoms with van der Waals surface area (Å²) < 4.78 is 1.18. The Morgan fingerprint density at radius 2 is 1.97 bits per heavy atom. The van der Waals surface area contributed by atoms with Gasteiger partial charge in [-0.3, -0.25) is 19.7 Å². The van der Waals surface area contributed by atoms with Crippen molar-refractivity contribution in [2.45, 2.75) is 27.2 Å². The first kappa shape index (κ1) is 20.1. The molecule has 4 rings (SSSR count). The first-order valence-corrected chi connectivity index (χ1v) is 9.36. The lowest BCUT2D eigenvalue weighted by molar-refractivity contribution is -0.117. The van der Waals surface area contributed by atoms with Crippen molar-refractivity contribution in [3.63, 3.8) is 0 Å². The Bertz CT molecular complexity index is 1350. The second-order valence-corrected chi connectivity index (χ2v) is 8.14. The first-order chi connectivity index (χ1) is 14.7. The molecule has 0 saturated carbocycles. The maximum atomic E-state index is 12.9. The van der Waals surface area contributed by atoms with E-state index < -0.39 is 11.5 Å². The summed E-state index contributed by atoms with van der Waals surface area (Å²) in [5, 5.41) is 18.4. The molecule has 12 heteroatoms. The van der Waals surface area contributed by atoms with Crippen LogP contribution >= 0.6 is 0 Å². The van der Waals surface area contributed by atoms with Crippen LogP contribution in [0, 0.1) is 5.41 Å². The van der Waals surface area contributed by atoms with E-state index in [1.807, 2.05) is 20.8 Å². The number of nitrogens with zero attached hydrogens (tertiary/aromatic N) is 6. The molecule has 4 aromatic rings. The van der Waals surface area contributed by atoms with E-state index in [4.69, 9.17) is 0 Å². The van der Waals surface area contributed by atoms with Crippen LogP contribution in [0.15, 0.2) is 35.5 Å². The number of amides is 2. The molecule has 0 aliphatic heterocycles. The molecule has 3 heterocycles. The number of rotatable bonds is 4. The van der Waals surface area contributed by atoms with Gasteiger partial charge in [0.2, 0.25) is 11.9 Å². The average Bonchev–Trinajstić information content (AvgIpc) is 3.19. The van der Waals surface area contributed by atoms with E-state index in [0.717, 1.165) is 0 Å². The molecule has 0 atom stereocenters. The molecule has 0 fully saturated rings. The summed E-state index contributed by atoms with van der Waals surface area (Å²) in [6.45, 7) is 5.94. The van der Waals surface area contributed by atoms with E-state index in [2.05, 4.69) is 41.2 Å². The van der Waals surface area contributed by atoms with Gasteiger partial charge in [-0.25, -0.2) is 19.5 Å². The molecule has 0 aliphatic carbocycles. The normalized spacial score (nSPS) is 11.6. The van der Waals surface area contributed by atoms with Gasteiger partial charge in [-0.1, -0.05) is 25.9 Å². The van der Waals surface area contributed by atoms with Crippen LogP contribution in [0.1, 0.15) is 37.6 Å². The van der Waals surface area contributed by atoms with Gasteiger partial charge in [-0.15, -0.1) is 0 Å². The Kier molecular flexibility index (Phi) is 4.89. The van der Waals surface area contributed by atoms with Crippen molar-refractivity contribution >= 4 is 40.0 Å². The molecule has 31 heavy (non-hydrogen) atoms. The van der Waals surface area contributed by atoms with Crippen molar-refractivity contribution in [3.8, 4) is 0 Å². The molecule has 1 aromatic carbocycles. The molecule has 158 valence electrons. The van der Waals surface area contributed by atoms with Crippen LogP contribution in [-0.4, -0.2) is 46.8 Å². The average molecular weight is 421 g/mol. The third-order valence-electron chi connectivity index (χ3n) is 4.34. The van der Waals surface area contributed by atoms with Gasteiger partial charge in [0.25, 0.3) is 11.5 Å². The van der Waals surface area contributed by atoms with Crippen molar-refractivity contribution in [1.82, 2.24) is 35.0 Å². The maximum absolute atomic E-state index is 12.9. The SMILES string of the molecule is CC(C)(C)CC(=O)Nc1ccc2ncn3c(=O)c(C(=O)Nc4nnn[nH]4)cnc3c2c1. The van der Waals surface area contributed by atoms with Crippen LogP contribution in [0.25, 0.3) is 16.6 Å². The molecule has 3 aromatic heterocycles. The molecular weight excluding hydrogens is 402 g/mol. The maximum Gasteiger partial charge on any atom is 0.271 e. The zero-order valence-electron chi connectivity index (χ0n) is 17.0. The lowest BCUT2D eigenvalue weighted by Gasteiger charge is -2.17. The predicted molar refractivity (Wildman–Crippen MR) is 112 cm³/mol. The first-order valence-electron chi connectivity index (χ1n) is 9.36. The molecule has 0 radical (unpaired) electrons. The highest BCUT2D eigenvalue weighted by molar-refractivity contribution is 6.03. The summed E-state index contributed by atoms with van der Waals surface area (Å²) in [7, 11) is 0. The Morgan fingerprint density at radius 3 is 2.68 bits per heavy atom. The fourth-order valence-corrected chi connectivity index (χ4v) is 3.03. The lowest BCUT2D eigenvalue weighted by Crippen LogP contribution is -2.27. The van der Waals surface area contributed by atoms with E-state index in [1.54, 1.807) is 18.2 Å². The summed E-state index contributed by atoms with van der Waals surface area (Å²) in [4.78, 5) is 46.1. The number of anilines is 2. The van der Waals surface area contributed by atoms with E-state index in [0.29, 0.717) is 28.7 Å². The molecule has 0 aliphatic rings. The van der Waals surface area contributed by atoms with Gasteiger partial charge in [0.15, 0.2) is 0 Å². The van der Waals surface area contributed by atoms with E-state index in [-0.39, 0.29) is 22.8 Å². The zero-order chi connectivity index (χ0) is 22.2. The topological polar surface area (TPSA) is 160 Å². The Hall–Kier alpha value is -4.22. The standard InChI is InChI=1S/C19H19N9O3/c1-19(2,3)7-14(29)22-10-4-5-13-11(6-10)15-20-8-12(17(31)28(15)9-21-13)16(30)23-18-24-26-27-25-18/h4-6,8-9H,7H2,1-3H3,(H,22,29)(H2,23,24,25,26,27,30). The van der Waals surface area contributed by atoms with Crippen LogP contribution in [0.3, 0.4) is 0 Å². The number of aromatic amines is 1. The van der Waals surface area contributed by atoms with Crippen molar-refractivity contribution in [1.29, 1.82) is 0 Å². The number of tetrazole rings is 1. The Labute approximate surface area is 175 Å². The number of carbonyl (C=O) groups excluding carboxylic acids is 2. The fourth-order valence-electron chi connectivity index (χ4n) is 3.03. The molecule has 0 saturated heterocycles. The summed E-state index contributed by atoms with van der Waals surface area (Å²) in [6, 6.07) is 5.16. The van der Waals surface area contributed by atoms with Gasteiger partial charge in [-0.05, 0) is 34.0 Å². The monoisotopic (exact) mass is 421 g/mol. The number of carbonyl (C=O) groups is 2. The summed E-state index contributed by atoms with van der Waals surface area (Å²) in [5.74, 6) is -0.832. The number of aromatic nitrogens is 7. The summed E-state index contributed by atoms with van der Waals surface area (Å²) >= 11 is 0. The van der Waals surface area contributed by atoms with Crippen molar-refractivity contribution in [3.05, 3.63) is 46.6 Å². The van der Waals surface area contributed by atoms with Gasteiger partial charge < -0.3 is 5.32 Å². The lowest BCUT2D eigenvalue weighted by atomic mass is 9.92. The molecule has 0 bridgehead atoms. The van der Waals surface area contributed by atoms with Gasteiger partial charge in [0, 0.05) is 23.7 Å².